The quantitative estimate of drug-likeness (QED) is 0.872. The first-order valence-electron chi connectivity index (χ1n) is 6.69. The fraction of sp³-hybridized carbons (Fsp3) is 0.467. The molecule has 0 aliphatic carbocycles. The zero-order valence-electron chi connectivity index (χ0n) is 11.6. The van der Waals surface area contributed by atoms with Gasteiger partial charge in [-0.05, 0) is 38.1 Å². The Labute approximate surface area is 118 Å². The molecule has 0 radical (unpaired) electrons. The molecule has 20 heavy (non-hydrogen) atoms. The van der Waals surface area contributed by atoms with E-state index >= 15 is 0 Å². The van der Waals surface area contributed by atoms with Crippen LogP contribution >= 0.6 is 0 Å². The summed E-state index contributed by atoms with van der Waals surface area (Å²) in [6, 6.07) is 9.17. The summed E-state index contributed by atoms with van der Waals surface area (Å²) in [7, 11) is 0. The van der Waals surface area contributed by atoms with Crippen molar-refractivity contribution in [1.82, 2.24) is 4.90 Å². The third-order valence-corrected chi connectivity index (χ3v) is 3.79. The Morgan fingerprint density at radius 2 is 2.40 bits per heavy atom. The molecule has 2 rings (SSSR count). The summed E-state index contributed by atoms with van der Waals surface area (Å²) in [6.45, 7) is 4.74. The predicted octanol–water partition coefficient (Wildman–Crippen LogP) is 1.13. The number of nitrogens with two attached hydrogens (primary N) is 1. The van der Waals surface area contributed by atoms with Crippen molar-refractivity contribution in [3.8, 4) is 11.8 Å². The molecule has 0 aromatic heterocycles. The third-order valence-electron chi connectivity index (χ3n) is 3.79. The van der Waals surface area contributed by atoms with Crippen molar-refractivity contribution >= 4 is 5.91 Å². The van der Waals surface area contributed by atoms with Crippen LogP contribution in [0.25, 0.3) is 0 Å². The van der Waals surface area contributed by atoms with Gasteiger partial charge in [0.1, 0.15) is 12.4 Å². The molecule has 1 aromatic carbocycles. The van der Waals surface area contributed by atoms with E-state index in [-0.39, 0.29) is 5.91 Å². The average molecular weight is 273 g/mol. The monoisotopic (exact) mass is 273 g/mol. The van der Waals surface area contributed by atoms with E-state index in [1.165, 1.54) is 0 Å². The molecule has 1 unspecified atom stereocenters. The maximum atomic E-state index is 11.4. The first-order valence-corrected chi connectivity index (χ1v) is 6.69. The summed E-state index contributed by atoms with van der Waals surface area (Å²) in [5, 5.41) is 8.81. The van der Waals surface area contributed by atoms with Crippen LogP contribution in [-0.2, 0) is 4.79 Å². The number of carbonyl (C=O) groups excluding carboxylic acids is 1. The molecule has 1 aromatic rings. The van der Waals surface area contributed by atoms with E-state index in [1.807, 2.05) is 13.0 Å². The molecular weight excluding hydrogens is 254 g/mol. The molecule has 1 atom stereocenters. The zero-order chi connectivity index (χ0) is 14.6. The van der Waals surface area contributed by atoms with E-state index in [2.05, 4.69) is 11.0 Å². The predicted molar refractivity (Wildman–Crippen MR) is 75.0 cm³/mol. The van der Waals surface area contributed by atoms with E-state index in [1.54, 1.807) is 18.2 Å². The molecule has 1 aliphatic heterocycles. The molecular formula is C15H19N3O2. The van der Waals surface area contributed by atoms with Gasteiger partial charge in [-0.25, -0.2) is 0 Å². The molecule has 5 heteroatoms. The normalized spacial score (nSPS) is 22.4. The van der Waals surface area contributed by atoms with Crippen molar-refractivity contribution < 1.29 is 9.53 Å². The van der Waals surface area contributed by atoms with Crippen molar-refractivity contribution in [1.29, 1.82) is 5.26 Å². The van der Waals surface area contributed by atoms with Gasteiger partial charge in [-0.15, -0.1) is 0 Å². The number of hydrogen-bond acceptors (Lipinski definition) is 4. The van der Waals surface area contributed by atoms with Crippen molar-refractivity contribution in [3.63, 3.8) is 0 Å². The second kappa shape index (κ2) is 5.93. The highest BCUT2D eigenvalue weighted by atomic mass is 16.5. The number of primary amides is 1. The topological polar surface area (TPSA) is 79.3 Å². The number of nitriles is 1. The molecule has 1 heterocycles. The Hall–Kier alpha value is -2.06. The molecule has 0 spiro atoms. The largest absolute Gasteiger partial charge is 0.492 e. The summed E-state index contributed by atoms with van der Waals surface area (Å²) in [5.41, 5.74) is 5.59. The highest BCUT2D eigenvalue weighted by molar-refractivity contribution is 5.81. The van der Waals surface area contributed by atoms with E-state index in [4.69, 9.17) is 15.7 Å². The molecule has 1 amide bonds. The van der Waals surface area contributed by atoms with Gasteiger partial charge in [-0.3, -0.25) is 9.69 Å². The number of likely N-dealkylation sites (tertiary alicyclic amines) is 1. The molecule has 0 saturated carbocycles. The fourth-order valence-corrected chi connectivity index (χ4v) is 2.40. The Kier molecular flexibility index (Phi) is 4.26. The summed E-state index contributed by atoms with van der Waals surface area (Å²) in [6.07, 6.45) is 0.798. The molecule has 106 valence electrons. The van der Waals surface area contributed by atoms with Gasteiger partial charge >= 0.3 is 0 Å². The van der Waals surface area contributed by atoms with E-state index < -0.39 is 5.41 Å². The summed E-state index contributed by atoms with van der Waals surface area (Å²) in [4.78, 5) is 13.5. The van der Waals surface area contributed by atoms with Crippen molar-refractivity contribution in [2.75, 3.05) is 26.2 Å². The van der Waals surface area contributed by atoms with Gasteiger partial charge in [0.15, 0.2) is 0 Å². The maximum absolute atomic E-state index is 11.4. The van der Waals surface area contributed by atoms with Gasteiger partial charge < -0.3 is 10.5 Å². The second-order valence-electron chi connectivity index (χ2n) is 5.44. The minimum Gasteiger partial charge on any atom is -0.492 e. The van der Waals surface area contributed by atoms with E-state index in [0.717, 1.165) is 19.5 Å². The standard InChI is InChI=1S/C15H19N3O2/c1-15(14(17)19)5-6-18(11-15)7-8-20-13-4-2-3-12(9-13)10-16/h2-4,9H,5-8,11H2,1H3,(H2,17,19). The number of ether oxygens (including phenoxy) is 1. The molecule has 1 fully saturated rings. The Bertz CT molecular complexity index is 538. The second-order valence-corrected chi connectivity index (χ2v) is 5.44. The molecule has 1 aliphatic rings. The third kappa shape index (κ3) is 3.28. The number of benzene rings is 1. The number of nitrogens with zero attached hydrogens (tertiary/aromatic N) is 2. The Morgan fingerprint density at radius 3 is 3.05 bits per heavy atom. The van der Waals surface area contributed by atoms with Gasteiger partial charge in [-0.1, -0.05) is 6.07 Å². The van der Waals surface area contributed by atoms with Crippen LogP contribution in [0, 0.1) is 16.7 Å². The van der Waals surface area contributed by atoms with Crippen LogP contribution in [0.15, 0.2) is 24.3 Å². The van der Waals surface area contributed by atoms with Crippen LogP contribution < -0.4 is 10.5 Å². The number of hydrogen-bond donors (Lipinski definition) is 1. The van der Waals surface area contributed by atoms with Gasteiger partial charge in [0.05, 0.1) is 17.0 Å². The SMILES string of the molecule is CC1(C(N)=O)CCN(CCOc2cccc(C#N)c2)C1. The summed E-state index contributed by atoms with van der Waals surface area (Å²) < 4.78 is 5.63. The zero-order valence-corrected chi connectivity index (χ0v) is 11.6. The lowest BCUT2D eigenvalue weighted by atomic mass is 9.89. The van der Waals surface area contributed by atoms with Crippen molar-refractivity contribution in [3.05, 3.63) is 29.8 Å². The molecule has 5 nitrogen and oxygen atoms in total. The molecule has 2 N–H and O–H groups in total. The number of rotatable bonds is 5. The highest BCUT2D eigenvalue weighted by Crippen LogP contribution is 2.29. The lowest BCUT2D eigenvalue weighted by Crippen LogP contribution is -2.37. The smallest absolute Gasteiger partial charge is 0.224 e. The number of carbonyl (C=O) groups is 1. The van der Waals surface area contributed by atoms with Crippen LogP contribution in [0.2, 0.25) is 0 Å². The lowest BCUT2D eigenvalue weighted by Gasteiger charge is -2.21. The van der Waals surface area contributed by atoms with Crippen LogP contribution in [0.3, 0.4) is 0 Å². The van der Waals surface area contributed by atoms with Gasteiger partial charge in [-0.2, -0.15) is 5.26 Å². The Balaban J connectivity index is 1.80. The molecule has 1 saturated heterocycles. The van der Waals surface area contributed by atoms with Gasteiger partial charge in [0, 0.05) is 13.1 Å². The van der Waals surface area contributed by atoms with Crippen LogP contribution in [-0.4, -0.2) is 37.0 Å². The summed E-state index contributed by atoms with van der Waals surface area (Å²) >= 11 is 0. The minimum atomic E-state index is -0.416. The lowest BCUT2D eigenvalue weighted by molar-refractivity contribution is -0.126. The minimum absolute atomic E-state index is 0.234. The van der Waals surface area contributed by atoms with E-state index in [0.29, 0.717) is 24.5 Å². The van der Waals surface area contributed by atoms with Crippen molar-refractivity contribution in [2.24, 2.45) is 11.1 Å². The van der Waals surface area contributed by atoms with Crippen LogP contribution in [0.1, 0.15) is 18.9 Å². The van der Waals surface area contributed by atoms with E-state index in [9.17, 15) is 4.79 Å². The van der Waals surface area contributed by atoms with Crippen LogP contribution in [0.4, 0.5) is 0 Å². The maximum Gasteiger partial charge on any atom is 0.224 e. The van der Waals surface area contributed by atoms with Gasteiger partial charge in [0.25, 0.3) is 0 Å². The number of amides is 1. The van der Waals surface area contributed by atoms with Gasteiger partial charge in [0.2, 0.25) is 5.91 Å². The first-order chi connectivity index (χ1) is 9.53. The summed E-state index contributed by atoms with van der Waals surface area (Å²) in [5.74, 6) is 0.462. The molecule has 0 bridgehead atoms. The Morgan fingerprint density at radius 1 is 1.60 bits per heavy atom. The first kappa shape index (κ1) is 14.4. The van der Waals surface area contributed by atoms with Crippen LogP contribution in [0.5, 0.6) is 5.75 Å². The van der Waals surface area contributed by atoms with Crippen molar-refractivity contribution in [2.45, 2.75) is 13.3 Å². The average Bonchev–Trinajstić information content (AvgIpc) is 2.82. The fourth-order valence-electron chi connectivity index (χ4n) is 2.40. The highest BCUT2D eigenvalue weighted by Gasteiger charge is 2.38.